The Bertz CT molecular complexity index is 307. The van der Waals surface area contributed by atoms with E-state index in [9.17, 15) is 18.3 Å². The van der Waals surface area contributed by atoms with Crippen LogP contribution in [0, 0.1) is 0 Å². The third-order valence-electron chi connectivity index (χ3n) is 2.02. The van der Waals surface area contributed by atoms with Crippen molar-refractivity contribution < 1.29 is 18.3 Å². The summed E-state index contributed by atoms with van der Waals surface area (Å²) in [6.45, 7) is 0.311. The summed E-state index contributed by atoms with van der Waals surface area (Å²) in [5, 5.41) is 12.2. The van der Waals surface area contributed by atoms with Crippen molar-refractivity contribution in [3.8, 4) is 0 Å². The lowest BCUT2D eigenvalue weighted by Crippen LogP contribution is -2.16. The molecule has 0 aliphatic heterocycles. The molecule has 0 radical (unpaired) electrons. The molecular formula is C10H12F3NO. The Morgan fingerprint density at radius 2 is 1.80 bits per heavy atom. The molecule has 0 saturated heterocycles. The number of benzene rings is 1. The van der Waals surface area contributed by atoms with Crippen LogP contribution in [0.1, 0.15) is 17.2 Å². The third kappa shape index (κ3) is 3.21. The van der Waals surface area contributed by atoms with Gasteiger partial charge in [-0.15, -0.1) is 0 Å². The highest BCUT2D eigenvalue weighted by Gasteiger charge is 2.30. The Labute approximate surface area is 85.7 Å². The van der Waals surface area contributed by atoms with Gasteiger partial charge < -0.3 is 10.4 Å². The Kier molecular flexibility index (Phi) is 3.71. The lowest BCUT2D eigenvalue weighted by Gasteiger charge is -2.12. The van der Waals surface area contributed by atoms with E-state index in [4.69, 9.17) is 0 Å². The molecule has 1 atom stereocenters. The zero-order valence-electron chi connectivity index (χ0n) is 8.17. The molecule has 2 nitrogen and oxygen atoms in total. The van der Waals surface area contributed by atoms with Crippen molar-refractivity contribution in [3.63, 3.8) is 0 Å². The van der Waals surface area contributed by atoms with Crippen molar-refractivity contribution in [2.24, 2.45) is 0 Å². The van der Waals surface area contributed by atoms with Gasteiger partial charge in [-0.05, 0) is 24.7 Å². The van der Waals surface area contributed by atoms with Gasteiger partial charge in [-0.25, -0.2) is 0 Å². The molecule has 1 aromatic rings. The normalized spacial score (nSPS) is 13.9. The number of rotatable bonds is 3. The number of likely N-dealkylation sites (N-methyl/N-ethyl adjacent to an activating group) is 1. The number of hydrogen-bond acceptors (Lipinski definition) is 2. The fraction of sp³-hybridized carbons (Fsp3) is 0.400. The average molecular weight is 219 g/mol. The first-order valence-electron chi connectivity index (χ1n) is 4.45. The summed E-state index contributed by atoms with van der Waals surface area (Å²) < 4.78 is 36.6. The number of nitrogens with one attached hydrogen (secondary N) is 1. The molecule has 0 aliphatic carbocycles. The second-order valence-corrected chi connectivity index (χ2v) is 3.19. The predicted molar refractivity (Wildman–Crippen MR) is 50.3 cm³/mol. The second kappa shape index (κ2) is 4.63. The van der Waals surface area contributed by atoms with E-state index in [1.165, 1.54) is 12.1 Å². The van der Waals surface area contributed by atoms with Crippen LogP contribution in [-0.2, 0) is 6.18 Å². The van der Waals surface area contributed by atoms with E-state index in [0.717, 1.165) is 12.1 Å². The van der Waals surface area contributed by atoms with E-state index < -0.39 is 17.8 Å². The number of hydrogen-bond donors (Lipinski definition) is 2. The first kappa shape index (κ1) is 12.0. The molecule has 1 unspecified atom stereocenters. The molecule has 0 heterocycles. The first-order chi connectivity index (χ1) is 6.95. The Morgan fingerprint density at radius 1 is 1.27 bits per heavy atom. The fourth-order valence-corrected chi connectivity index (χ4v) is 1.21. The fourth-order valence-electron chi connectivity index (χ4n) is 1.21. The standard InChI is InChI=1S/C10H12F3NO/c1-14-6-9(15)7-2-4-8(5-3-7)10(11,12)13/h2-5,9,14-15H,6H2,1H3. The number of halogens is 3. The molecule has 0 saturated carbocycles. The van der Waals surface area contributed by atoms with Crippen LogP contribution in [0.3, 0.4) is 0 Å². The van der Waals surface area contributed by atoms with Crippen LogP contribution in [0.4, 0.5) is 13.2 Å². The van der Waals surface area contributed by atoms with Gasteiger partial charge in [-0.3, -0.25) is 0 Å². The quantitative estimate of drug-likeness (QED) is 0.814. The largest absolute Gasteiger partial charge is 0.416 e. The third-order valence-corrected chi connectivity index (χ3v) is 2.02. The topological polar surface area (TPSA) is 32.3 Å². The highest BCUT2D eigenvalue weighted by atomic mass is 19.4. The minimum absolute atomic E-state index is 0.311. The molecule has 5 heteroatoms. The van der Waals surface area contributed by atoms with Gasteiger partial charge in [-0.1, -0.05) is 12.1 Å². The zero-order chi connectivity index (χ0) is 11.5. The van der Waals surface area contributed by atoms with E-state index in [1.807, 2.05) is 0 Å². The van der Waals surface area contributed by atoms with Gasteiger partial charge in [0, 0.05) is 6.54 Å². The molecule has 2 N–H and O–H groups in total. The predicted octanol–water partition coefficient (Wildman–Crippen LogP) is 1.96. The summed E-state index contributed by atoms with van der Waals surface area (Å²) in [5.74, 6) is 0. The minimum atomic E-state index is -4.33. The molecule has 0 bridgehead atoms. The molecule has 0 aromatic heterocycles. The van der Waals surface area contributed by atoms with Crippen LogP contribution < -0.4 is 5.32 Å². The van der Waals surface area contributed by atoms with Crippen molar-refractivity contribution >= 4 is 0 Å². The summed E-state index contributed by atoms with van der Waals surface area (Å²) in [4.78, 5) is 0. The Balaban J connectivity index is 2.81. The maximum atomic E-state index is 12.2. The lowest BCUT2D eigenvalue weighted by atomic mass is 10.1. The summed E-state index contributed by atoms with van der Waals surface area (Å²) >= 11 is 0. The van der Waals surface area contributed by atoms with Crippen LogP contribution in [0.2, 0.25) is 0 Å². The summed E-state index contributed by atoms with van der Waals surface area (Å²) in [7, 11) is 1.66. The van der Waals surface area contributed by atoms with Crippen LogP contribution >= 0.6 is 0 Å². The molecule has 1 rings (SSSR count). The highest BCUT2D eigenvalue weighted by Crippen LogP contribution is 2.29. The van der Waals surface area contributed by atoms with Crippen LogP contribution in [0.5, 0.6) is 0 Å². The van der Waals surface area contributed by atoms with Crippen molar-refractivity contribution in [1.82, 2.24) is 5.32 Å². The molecule has 0 fully saturated rings. The summed E-state index contributed by atoms with van der Waals surface area (Å²) in [6, 6.07) is 4.50. The number of aliphatic hydroxyl groups is 1. The van der Waals surface area contributed by atoms with E-state index in [1.54, 1.807) is 7.05 Å². The average Bonchev–Trinajstić information content (AvgIpc) is 2.17. The van der Waals surface area contributed by atoms with Gasteiger partial charge in [0.15, 0.2) is 0 Å². The number of aliphatic hydroxyl groups excluding tert-OH is 1. The summed E-state index contributed by atoms with van der Waals surface area (Å²) in [6.07, 6.45) is -5.11. The molecule has 0 spiro atoms. The Hall–Kier alpha value is -1.07. The van der Waals surface area contributed by atoms with Gasteiger partial charge in [0.05, 0.1) is 11.7 Å². The Morgan fingerprint density at radius 3 is 2.20 bits per heavy atom. The molecule has 0 amide bonds. The molecule has 84 valence electrons. The monoisotopic (exact) mass is 219 g/mol. The molecule has 0 aliphatic rings. The summed E-state index contributed by atoms with van der Waals surface area (Å²) in [5.41, 5.74) is -0.236. The highest BCUT2D eigenvalue weighted by molar-refractivity contribution is 5.26. The maximum absolute atomic E-state index is 12.2. The van der Waals surface area contributed by atoms with Crippen molar-refractivity contribution in [2.75, 3.05) is 13.6 Å². The second-order valence-electron chi connectivity index (χ2n) is 3.19. The van der Waals surface area contributed by atoms with Crippen molar-refractivity contribution in [2.45, 2.75) is 12.3 Å². The van der Waals surface area contributed by atoms with E-state index in [-0.39, 0.29) is 0 Å². The van der Waals surface area contributed by atoms with Crippen molar-refractivity contribution in [3.05, 3.63) is 35.4 Å². The number of alkyl halides is 3. The van der Waals surface area contributed by atoms with Gasteiger partial charge >= 0.3 is 6.18 Å². The first-order valence-corrected chi connectivity index (χ1v) is 4.45. The molecule has 15 heavy (non-hydrogen) atoms. The maximum Gasteiger partial charge on any atom is 0.416 e. The van der Waals surface area contributed by atoms with Crippen LogP contribution in [0.15, 0.2) is 24.3 Å². The SMILES string of the molecule is CNCC(O)c1ccc(C(F)(F)F)cc1. The van der Waals surface area contributed by atoms with E-state index in [0.29, 0.717) is 12.1 Å². The van der Waals surface area contributed by atoms with Gasteiger partial charge in [-0.2, -0.15) is 13.2 Å². The minimum Gasteiger partial charge on any atom is -0.387 e. The molecule has 1 aromatic carbocycles. The van der Waals surface area contributed by atoms with E-state index in [2.05, 4.69) is 5.32 Å². The van der Waals surface area contributed by atoms with Gasteiger partial charge in [0.2, 0.25) is 0 Å². The van der Waals surface area contributed by atoms with Crippen molar-refractivity contribution in [1.29, 1.82) is 0 Å². The van der Waals surface area contributed by atoms with Crippen LogP contribution in [-0.4, -0.2) is 18.7 Å². The van der Waals surface area contributed by atoms with E-state index >= 15 is 0 Å². The lowest BCUT2D eigenvalue weighted by molar-refractivity contribution is -0.137. The van der Waals surface area contributed by atoms with Crippen LogP contribution in [0.25, 0.3) is 0 Å². The smallest absolute Gasteiger partial charge is 0.387 e. The zero-order valence-corrected chi connectivity index (χ0v) is 8.17. The van der Waals surface area contributed by atoms with Gasteiger partial charge in [0.25, 0.3) is 0 Å². The molecular weight excluding hydrogens is 207 g/mol. The van der Waals surface area contributed by atoms with Gasteiger partial charge in [0.1, 0.15) is 0 Å².